The smallest absolute Gasteiger partial charge is 0.415 e. The maximum atomic E-state index is 13.3. The number of ether oxygens (including phenoxy) is 1. The molecule has 0 saturated heterocycles. The monoisotopic (exact) mass is 301 g/mol. The summed E-state index contributed by atoms with van der Waals surface area (Å²) >= 11 is 0. The topological polar surface area (TPSA) is 42.4 Å². The summed E-state index contributed by atoms with van der Waals surface area (Å²) in [5.74, 6) is 0.0806. The van der Waals surface area contributed by atoms with Gasteiger partial charge in [0.15, 0.2) is 0 Å². The van der Waals surface area contributed by atoms with Crippen LogP contribution in [-0.4, -0.2) is 23.7 Å². The number of carbonyl (C=O) groups is 1. The lowest BCUT2D eigenvalue weighted by Crippen LogP contribution is -2.34. The summed E-state index contributed by atoms with van der Waals surface area (Å²) < 4.78 is 18.6. The van der Waals surface area contributed by atoms with Gasteiger partial charge in [0.05, 0.1) is 0 Å². The number of anilines is 1. The number of carbonyl (C=O) groups excluding carboxylic acids is 1. The molecule has 0 N–H and O–H groups in total. The van der Waals surface area contributed by atoms with Gasteiger partial charge < -0.3 is 4.74 Å². The Kier molecular flexibility index (Phi) is 4.45. The van der Waals surface area contributed by atoms with Gasteiger partial charge >= 0.3 is 6.09 Å². The molecule has 0 atom stereocenters. The Hall–Kier alpha value is -2.43. The molecule has 1 amide bonds. The first-order chi connectivity index (χ1) is 10.3. The van der Waals surface area contributed by atoms with E-state index in [0.29, 0.717) is 11.4 Å². The van der Waals surface area contributed by atoms with Crippen LogP contribution < -0.4 is 4.90 Å². The number of aromatic nitrogens is 1. The van der Waals surface area contributed by atoms with Crippen molar-refractivity contribution in [1.29, 1.82) is 0 Å². The molecule has 2 rings (SSSR count). The molecular formula is C17H18FN2O2. The molecule has 1 aromatic carbocycles. The second-order valence-corrected chi connectivity index (χ2v) is 5.86. The largest absolute Gasteiger partial charge is 0.443 e. The Labute approximate surface area is 129 Å². The lowest BCUT2D eigenvalue weighted by molar-refractivity contribution is 0.0588. The number of hydrogen-bond acceptors (Lipinski definition) is 3. The van der Waals surface area contributed by atoms with E-state index >= 15 is 0 Å². The zero-order valence-electron chi connectivity index (χ0n) is 13.1. The molecule has 1 radical (unpaired) electrons. The van der Waals surface area contributed by atoms with Crippen LogP contribution >= 0.6 is 0 Å². The molecule has 1 heterocycles. The fraction of sp³-hybridized carbons (Fsp3) is 0.294. The van der Waals surface area contributed by atoms with E-state index in [0.717, 1.165) is 5.56 Å². The Morgan fingerprint density at radius 1 is 1.32 bits per heavy atom. The van der Waals surface area contributed by atoms with Crippen molar-refractivity contribution in [2.75, 3.05) is 11.9 Å². The Balaban J connectivity index is 2.26. The fourth-order valence-electron chi connectivity index (χ4n) is 1.80. The Morgan fingerprint density at radius 2 is 2.05 bits per heavy atom. The molecule has 1 aromatic heterocycles. The lowest BCUT2D eigenvalue weighted by Gasteiger charge is -2.24. The Bertz CT molecular complexity index is 680. The van der Waals surface area contributed by atoms with Crippen LogP contribution in [-0.2, 0) is 4.74 Å². The van der Waals surface area contributed by atoms with E-state index in [9.17, 15) is 9.18 Å². The van der Waals surface area contributed by atoms with E-state index in [1.165, 1.54) is 23.1 Å². The molecule has 2 aromatic rings. The van der Waals surface area contributed by atoms with Crippen molar-refractivity contribution in [2.45, 2.75) is 26.4 Å². The van der Waals surface area contributed by atoms with E-state index < -0.39 is 11.7 Å². The predicted molar refractivity (Wildman–Crippen MR) is 83.1 cm³/mol. The van der Waals surface area contributed by atoms with E-state index in [2.05, 4.69) is 11.1 Å². The van der Waals surface area contributed by atoms with Crippen molar-refractivity contribution in [3.63, 3.8) is 0 Å². The predicted octanol–water partition coefficient (Wildman–Crippen LogP) is 4.06. The molecule has 0 spiro atoms. The molecule has 0 aliphatic heterocycles. The summed E-state index contributed by atoms with van der Waals surface area (Å²) in [5, 5.41) is 0. The van der Waals surface area contributed by atoms with Crippen molar-refractivity contribution >= 4 is 11.9 Å². The number of pyridine rings is 1. The van der Waals surface area contributed by atoms with Crippen molar-refractivity contribution in [2.24, 2.45) is 0 Å². The molecule has 0 aliphatic carbocycles. The second-order valence-electron chi connectivity index (χ2n) is 5.86. The van der Waals surface area contributed by atoms with E-state index in [1.807, 2.05) is 0 Å². The van der Waals surface area contributed by atoms with E-state index in [1.54, 1.807) is 46.1 Å². The normalized spacial score (nSPS) is 11.1. The first-order valence-corrected chi connectivity index (χ1v) is 6.86. The van der Waals surface area contributed by atoms with E-state index in [-0.39, 0.29) is 5.82 Å². The quantitative estimate of drug-likeness (QED) is 0.840. The summed E-state index contributed by atoms with van der Waals surface area (Å²) in [5.41, 5.74) is 0.736. The summed E-state index contributed by atoms with van der Waals surface area (Å²) in [7, 11) is 1.58. The number of rotatable bonds is 2. The number of hydrogen-bond donors (Lipinski definition) is 0. The van der Waals surface area contributed by atoms with Crippen molar-refractivity contribution in [3.05, 3.63) is 48.4 Å². The fourth-order valence-corrected chi connectivity index (χ4v) is 1.80. The maximum Gasteiger partial charge on any atom is 0.415 e. The minimum absolute atomic E-state index is 0.340. The van der Waals surface area contributed by atoms with Gasteiger partial charge in [0, 0.05) is 13.2 Å². The first kappa shape index (κ1) is 15.9. The van der Waals surface area contributed by atoms with Crippen LogP contribution in [0.3, 0.4) is 0 Å². The number of benzene rings is 1. The average molecular weight is 301 g/mol. The number of amides is 1. The SMILES string of the molecule is CN(C(=O)OC(C)(C)C)c1cc(-c2[c]ccc(F)c2)ccn1. The van der Waals surface area contributed by atoms with Crippen LogP contribution in [0.5, 0.6) is 0 Å². The zero-order chi connectivity index (χ0) is 16.3. The van der Waals surface area contributed by atoms with Gasteiger partial charge in [-0.15, -0.1) is 0 Å². The number of halogens is 1. The highest BCUT2D eigenvalue weighted by molar-refractivity contribution is 5.87. The maximum absolute atomic E-state index is 13.3. The lowest BCUT2D eigenvalue weighted by atomic mass is 10.1. The molecule has 115 valence electrons. The van der Waals surface area contributed by atoms with Gasteiger partial charge in [-0.2, -0.15) is 0 Å². The van der Waals surface area contributed by atoms with Gasteiger partial charge in [0.1, 0.15) is 17.2 Å². The van der Waals surface area contributed by atoms with Crippen molar-refractivity contribution in [3.8, 4) is 11.1 Å². The molecule has 0 fully saturated rings. The standard InChI is InChI=1S/C17H18FN2O2/c1-17(2,3)22-16(21)20(4)15-11-13(8-9-19-15)12-6-5-7-14(18)10-12/h5,7-11H,1-4H3. The zero-order valence-corrected chi connectivity index (χ0v) is 13.1. The van der Waals surface area contributed by atoms with Gasteiger partial charge in [-0.05, 0) is 62.2 Å². The average Bonchev–Trinajstić information content (AvgIpc) is 2.45. The summed E-state index contributed by atoms with van der Waals surface area (Å²) in [4.78, 5) is 17.5. The third-order valence-corrected chi connectivity index (χ3v) is 2.83. The van der Waals surface area contributed by atoms with Crippen LogP contribution in [0.2, 0.25) is 0 Å². The third-order valence-electron chi connectivity index (χ3n) is 2.83. The van der Waals surface area contributed by atoms with Gasteiger partial charge in [-0.3, -0.25) is 4.90 Å². The van der Waals surface area contributed by atoms with Crippen molar-refractivity contribution < 1.29 is 13.9 Å². The van der Waals surface area contributed by atoms with Gasteiger partial charge in [-0.25, -0.2) is 14.2 Å². The van der Waals surface area contributed by atoms with Crippen LogP contribution in [0, 0.1) is 11.9 Å². The highest BCUT2D eigenvalue weighted by Gasteiger charge is 2.21. The molecule has 22 heavy (non-hydrogen) atoms. The second kappa shape index (κ2) is 6.13. The van der Waals surface area contributed by atoms with Crippen LogP contribution in [0.4, 0.5) is 15.0 Å². The first-order valence-electron chi connectivity index (χ1n) is 6.86. The Morgan fingerprint density at radius 3 is 2.68 bits per heavy atom. The van der Waals surface area contributed by atoms with Gasteiger partial charge in [0.25, 0.3) is 0 Å². The molecule has 5 heteroatoms. The minimum Gasteiger partial charge on any atom is -0.443 e. The van der Waals surface area contributed by atoms with Crippen LogP contribution in [0.25, 0.3) is 11.1 Å². The number of nitrogens with zero attached hydrogens (tertiary/aromatic N) is 2. The molecule has 0 aliphatic rings. The van der Waals surface area contributed by atoms with Crippen molar-refractivity contribution in [1.82, 2.24) is 4.98 Å². The van der Waals surface area contributed by atoms with Crippen LogP contribution in [0.15, 0.2) is 36.5 Å². The minimum atomic E-state index is -0.584. The van der Waals surface area contributed by atoms with Crippen LogP contribution in [0.1, 0.15) is 20.8 Å². The third kappa shape index (κ3) is 4.04. The van der Waals surface area contributed by atoms with Gasteiger partial charge in [0.2, 0.25) is 0 Å². The molecule has 0 bridgehead atoms. The highest BCUT2D eigenvalue weighted by Crippen LogP contribution is 2.23. The summed E-state index contributed by atoms with van der Waals surface area (Å²) in [6.07, 6.45) is 1.06. The molecule has 0 unspecified atom stereocenters. The molecular weight excluding hydrogens is 283 g/mol. The van der Waals surface area contributed by atoms with Gasteiger partial charge in [-0.1, -0.05) is 6.07 Å². The summed E-state index contributed by atoms with van der Waals surface area (Å²) in [6, 6.07) is 10.6. The highest BCUT2D eigenvalue weighted by atomic mass is 19.1. The summed E-state index contributed by atoms with van der Waals surface area (Å²) in [6.45, 7) is 5.39. The molecule has 0 saturated carbocycles. The van der Waals surface area contributed by atoms with E-state index in [4.69, 9.17) is 4.74 Å². The molecule has 4 nitrogen and oxygen atoms in total.